The van der Waals surface area contributed by atoms with E-state index in [2.05, 4.69) is 21.2 Å². The zero-order valence-corrected chi connectivity index (χ0v) is 15.6. The Morgan fingerprint density at radius 3 is 2.33 bits per heavy atom. The molecule has 0 saturated carbocycles. The van der Waals surface area contributed by atoms with Crippen molar-refractivity contribution in [1.82, 2.24) is 0 Å². The Morgan fingerprint density at radius 1 is 1.00 bits per heavy atom. The van der Waals surface area contributed by atoms with Gasteiger partial charge in [0.25, 0.3) is 5.91 Å². The molecule has 2 aromatic carbocycles. The molecule has 1 amide bonds. The van der Waals surface area contributed by atoms with Gasteiger partial charge in [0.2, 0.25) is 0 Å². The van der Waals surface area contributed by atoms with E-state index in [0.29, 0.717) is 28.9 Å². The van der Waals surface area contributed by atoms with Crippen molar-refractivity contribution in [3.8, 4) is 11.3 Å². The van der Waals surface area contributed by atoms with Gasteiger partial charge < -0.3 is 14.5 Å². The number of benzene rings is 2. The predicted octanol–water partition coefficient (Wildman–Crippen LogP) is 4.32. The van der Waals surface area contributed by atoms with Crippen LogP contribution in [-0.2, 0) is 9.53 Å². The fraction of sp³-hybridized carbons (Fsp3) is 0.0500. The third kappa shape index (κ3) is 4.92. The van der Waals surface area contributed by atoms with Crippen molar-refractivity contribution in [3.63, 3.8) is 0 Å². The summed E-state index contributed by atoms with van der Waals surface area (Å²) in [6.45, 7) is -0.391. The third-order valence-corrected chi connectivity index (χ3v) is 4.14. The zero-order valence-electron chi connectivity index (χ0n) is 14.0. The Hall–Kier alpha value is -3.19. The van der Waals surface area contributed by atoms with Crippen molar-refractivity contribution in [2.75, 3.05) is 11.9 Å². The summed E-state index contributed by atoms with van der Waals surface area (Å²) in [6.07, 6.45) is 0.620. The van der Waals surface area contributed by atoms with E-state index in [1.165, 1.54) is 0 Å². The molecule has 27 heavy (non-hydrogen) atoms. The van der Waals surface area contributed by atoms with Crippen molar-refractivity contribution in [2.24, 2.45) is 0 Å². The molecule has 3 rings (SSSR count). The van der Waals surface area contributed by atoms with Gasteiger partial charge in [-0.25, -0.2) is 4.79 Å². The largest absolute Gasteiger partial charge is 0.453 e. The van der Waals surface area contributed by atoms with Gasteiger partial charge in [-0.15, -0.1) is 0 Å². The maximum atomic E-state index is 12.1. The number of aldehydes is 1. The lowest BCUT2D eigenvalue weighted by molar-refractivity contribution is -0.119. The van der Waals surface area contributed by atoms with Gasteiger partial charge in [-0.3, -0.25) is 9.59 Å². The van der Waals surface area contributed by atoms with E-state index in [-0.39, 0.29) is 5.76 Å². The van der Waals surface area contributed by atoms with Crippen LogP contribution in [0.2, 0.25) is 0 Å². The Kier molecular flexibility index (Phi) is 5.83. The topological polar surface area (TPSA) is 85.6 Å². The minimum Gasteiger partial charge on any atom is -0.453 e. The first-order valence-corrected chi connectivity index (χ1v) is 8.72. The molecule has 1 heterocycles. The Bertz CT molecular complexity index is 961. The molecular formula is C20H14BrNO5. The standard InChI is InChI=1S/C20H14BrNO5/c21-15-5-7-16(8-6-15)22-19(24)12-26-20(25)14-3-1-13(2-4-14)18-10-9-17(11-23)27-18/h1-11H,12H2,(H,22,24). The van der Waals surface area contributed by atoms with Gasteiger partial charge in [-0.1, -0.05) is 28.1 Å². The van der Waals surface area contributed by atoms with E-state index in [4.69, 9.17) is 9.15 Å². The highest BCUT2D eigenvalue weighted by Gasteiger charge is 2.12. The quantitative estimate of drug-likeness (QED) is 0.467. The number of anilines is 1. The van der Waals surface area contributed by atoms with Crippen LogP contribution >= 0.6 is 15.9 Å². The number of ether oxygens (including phenoxy) is 1. The molecule has 0 radical (unpaired) electrons. The van der Waals surface area contributed by atoms with Gasteiger partial charge in [0, 0.05) is 15.7 Å². The monoisotopic (exact) mass is 427 g/mol. The summed E-state index contributed by atoms with van der Waals surface area (Å²) in [4.78, 5) is 34.6. The maximum Gasteiger partial charge on any atom is 0.338 e. The zero-order chi connectivity index (χ0) is 19.2. The summed E-state index contributed by atoms with van der Waals surface area (Å²) in [5.41, 5.74) is 1.63. The summed E-state index contributed by atoms with van der Waals surface area (Å²) in [5.74, 6) is -0.295. The maximum absolute atomic E-state index is 12.1. The Morgan fingerprint density at radius 2 is 1.70 bits per heavy atom. The number of carbonyl (C=O) groups excluding carboxylic acids is 3. The lowest BCUT2D eigenvalue weighted by Crippen LogP contribution is -2.20. The molecular weight excluding hydrogens is 414 g/mol. The van der Waals surface area contributed by atoms with Gasteiger partial charge in [0.05, 0.1) is 5.56 Å². The number of carbonyl (C=O) groups is 3. The molecule has 3 aromatic rings. The molecule has 1 N–H and O–H groups in total. The summed E-state index contributed by atoms with van der Waals surface area (Å²) < 4.78 is 11.2. The molecule has 0 aliphatic heterocycles. The Labute approximate surface area is 163 Å². The molecule has 0 bridgehead atoms. The number of hydrogen-bond donors (Lipinski definition) is 1. The van der Waals surface area contributed by atoms with Crippen molar-refractivity contribution >= 4 is 39.8 Å². The van der Waals surface area contributed by atoms with Crippen LogP contribution < -0.4 is 5.32 Å². The second-order valence-corrected chi connectivity index (χ2v) is 6.44. The summed E-state index contributed by atoms with van der Waals surface area (Å²) in [6, 6.07) is 16.7. The lowest BCUT2D eigenvalue weighted by Gasteiger charge is -2.07. The highest BCUT2D eigenvalue weighted by molar-refractivity contribution is 9.10. The highest BCUT2D eigenvalue weighted by Crippen LogP contribution is 2.22. The summed E-state index contributed by atoms with van der Waals surface area (Å²) in [5, 5.41) is 2.64. The molecule has 0 aliphatic carbocycles. The van der Waals surface area contributed by atoms with Gasteiger partial charge in [-0.05, 0) is 48.5 Å². The fourth-order valence-electron chi connectivity index (χ4n) is 2.29. The first-order valence-electron chi connectivity index (χ1n) is 7.93. The van der Waals surface area contributed by atoms with Crippen molar-refractivity contribution in [2.45, 2.75) is 0 Å². The minimum absolute atomic E-state index is 0.227. The van der Waals surface area contributed by atoms with Crippen LogP contribution in [-0.4, -0.2) is 24.8 Å². The number of rotatable bonds is 6. The number of amides is 1. The van der Waals surface area contributed by atoms with Crippen LogP contribution in [0, 0.1) is 0 Å². The number of esters is 1. The first kappa shape index (κ1) is 18.6. The summed E-state index contributed by atoms with van der Waals surface area (Å²) in [7, 11) is 0. The molecule has 6 nitrogen and oxygen atoms in total. The van der Waals surface area contributed by atoms with E-state index >= 15 is 0 Å². The number of halogens is 1. The van der Waals surface area contributed by atoms with E-state index in [1.807, 2.05) is 0 Å². The average Bonchev–Trinajstić information content (AvgIpc) is 3.17. The van der Waals surface area contributed by atoms with Crippen molar-refractivity contribution < 1.29 is 23.5 Å². The summed E-state index contributed by atoms with van der Waals surface area (Å²) >= 11 is 3.31. The molecule has 0 unspecified atom stereocenters. The van der Waals surface area contributed by atoms with Gasteiger partial charge >= 0.3 is 5.97 Å². The van der Waals surface area contributed by atoms with Crippen LogP contribution in [0.3, 0.4) is 0 Å². The predicted molar refractivity (Wildman–Crippen MR) is 103 cm³/mol. The first-order chi connectivity index (χ1) is 13.0. The molecule has 0 atom stereocenters. The normalized spacial score (nSPS) is 10.3. The van der Waals surface area contributed by atoms with Crippen LogP contribution in [0.1, 0.15) is 20.9 Å². The second-order valence-electron chi connectivity index (χ2n) is 5.53. The van der Waals surface area contributed by atoms with Crippen LogP contribution in [0.5, 0.6) is 0 Å². The van der Waals surface area contributed by atoms with Crippen LogP contribution in [0.25, 0.3) is 11.3 Å². The highest BCUT2D eigenvalue weighted by atomic mass is 79.9. The van der Waals surface area contributed by atoms with E-state index < -0.39 is 18.5 Å². The average molecular weight is 428 g/mol. The fourth-order valence-corrected chi connectivity index (χ4v) is 2.55. The van der Waals surface area contributed by atoms with Crippen molar-refractivity contribution in [3.05, 3.63) is 76.5 Å². The molecule has 0 spiro atoms. The molecule has 0 aliphatic rings. The van der Waals surface area contributed by atoms with Gasteiger partial charge in [-0.2, -0.15) is 0 Å². The molecule has 136 valence electrons. The van der Waals surface area contributed by atoms with E-state index in [0.717, 1.165) is 4.47 Å². The molecule has 7 heteroatoms. The Balaban J connectivity index is 1.55. The molecule has 0 saturated heterocycles. The van der Waals surface area contributed by atoms with E-state index in [9.17, 15) is 14.4 Å². The minimum atomic E-state index is -0.611. The van der Waals surface area contributed by atoms with Crippen LogP contribution in [0.4, 0.5) is 5.69 Å². The molecule has 1 aromatic heterocycles. The smallest absolute Gasteiger partial charge is 0.338 e. The third-order valence-electron chi connectivity index (χ3n) is 3.61. The molecule has 0 fully saturated rings. The SMILES string of the molecule is O=Cc1ccc(-c2ccc(C(=O)OCC(=O)Nc3ccc(Br)cc3)cc2)o1. The second kappa shape index (κ2) is 8.46. The lowest BCUT2D eigenvalue weighted by atomic mass is 10.1. The van der Waals surface area contributed by atoms with Gasteiger partial charge in [0.1, 0.15) is 5.76 Å². The number of furan rings is 1. The number of nitrogens with one attached hydrogen (secondary N) is 1. The van der Waals surface area contributed by atoms with Gasteiger partial charge in [0.15, 0.2) is 18.7 Å². The van der Waals surface area contributed by atoms with E-state index in [1.54, 1.807) is 60.7 Å². The number of hydrogen-bond acceptors (Lipinski definition) is 5. The van der Waals surface area contributed by atoms with Crippen LogP contribution in [0.15, 0.2) is 69.6 Å². The van der Waals surface area contributed by atoms with Crippen molar-refractivity contribution in [1.29, 1.82) is 0 Å².